The highest BCUT2D eigenvalue weighted by molar-refractivity contribution is 9.10. The average Bonchev–Trinajstić information content (AvgIpc) is 2.55. The van der Waals surface area contributed by atoms with Crippen molar-refractivity contribution in [3.63, 3.8) is 0 Å². The molecular formula is C17H25BrN2O3S. The smallest absolute Gasteiger partial charge is 0.243 e. The molecule has 1 aromatic carbocycles. The third kappa shape index (κ3) is 4.80. The summed E-state index contributed by atoms with van der Waals surface area (Å²) in [7, 11) is -3.66. The Hall–Kier alpha value is -0.920. The van der Waals surface area contributed by atoms with E-state index in [-0.39, 0.29) is 10.8 Å². The fourth-order valence-corrected chi connectivity index (χ4v) is 4.72. The van der Waals surface area contributed by atoms with Crippen molar-refractivity contribution in [2.24, 2.45) is 5.92 Å². The molecule has 24 heavy (non-hydrogen) atoms. The fourth-order valence-electron chi connectivity index (χ4n) is 2.80. The van der Waals surface area contributed by atoms with Crippen LogP contribution in [-0.2, 0) is 14.8 Å². The predicted octanol–water partition coefficient (Wildman–Crippen LogP) is 3.15. The molecule has 1 unspecified atom stereocenters. The molecule has 1 aliphatic heterocycles. The lowest BCUT2D eigenvalue weighted by Crippen LogP contribution is -2.52. The van der Waals surface area contributed by atoms with Crippen LogP contribution >= 0.6 is 15.9 Å². The maximum atomic E-state index is 12.9. The molecule has 1 aromatic rings. The molecule has 1 heterocycles. The van der Waals surface area contributed by atoms with Gasteiger partial charge in [-0.25, -0.2) is 8.42 Å². The number of benzene rings is 1. The number of amides is 1. The van der Waals surface area contributed by atoms with Gasteiger partial charge >= 0.3 is 0 Å². The summed E-state index contributed by atoms with van der Waals surface area (Å²) >= 11 is 3.31. The number of piperidine rings is 1. The number of carbonyl (C=O) groups excluding carboxylic acids is 1. The summed E-state index contributed by atoms with van der Waals surface area (Å²) in [5.74, 6) is 0.315. The summed E-state index contributed by atoms with van der Waals surface area (Å²) in [6.07, 6.45) is 3.11. The molecule has 7 heteroatoms. The fraction of sp³-hybridized carbons (Fsp3) is 0.588. The van der Waals surface area contributed by atoms with Crippen molar-refractivity contribution in [1.29, 1.82) is 0 Å². The highest BCUT2D eigenvalue weighted by Gasteiger charge is 2.37. The molecule has 2 rings (SSSR count). The minimum Gasteiger partial charge on any atom is -0.355 e. The van der Waals surface area contributed by atoms with Gasteiger partial charge in [-0.1, -0.05) is 36.2 Å². The zero-order valence-electron chi connectivity index (χ0n) is 14.2. The van der Waals surface area contributed by atoms with Crippen LogP contribution in [0.2, 0.25) is 0 Å². The maximum Gasteiger partial charge on any atom is 0.243 e. The topological polar surface area (TPSA) is 66.5 Å². The number of nitrogens with one attached hydrogen (secondary N) is 1. The Morgan fingerprint density at radius 1 is 1.29 bits per heavy atom. The van der Waals surface area contributed by atoms with Crippen molar-refractivity contribution in [2.45, 2.75) is 50.5 Å². The SMILES string of the molecule is CC(C)CCNC(=O)C1CCCCN1S(=O)(=O)c1ccc(Br)cc1. The molecule has 0 bridgehead atoms. The van der Waals surface area contributed by atoms with Gasteiger partial charge in [-0.3, -0.25) is 4.79 Å². The maximum absolute atomic E-state index is 12.9. The first-order chi connectivity index (χ1) is 11.3. The van der Waals surface area contributed by atoms with Crippen molar-refractivity contribution < 1.29 is 13.2 Å². The van der Waals surface area contributed by atoms with Gasteiger partial charge in [-0.2, -0.15) is 4.31 Å². The van der Waals surface area contributed by atoms with E-state index in [1.807, 2.05) is 0 Å². The average molecular weight is 417 g/mol. The zero-order chi connectivity index (χ0) is 17.7. The molecule has 1 amide bonds. The van der Waals surface area contributed by atoms with Crippen LogP contribution in [0.15, 0.2) is 33.6 Å². The van der Waals surface area contributed by atoms with Crippen LogP contribution in [0.3, 0.4) is 0 Å². The van der Waals surface area contributed by atoms with Crippen molar-refractivity contribution in [1.82, 2.24) is 9.62 Å². The minimum absolute atomic E-state index is 0.184. The summed E-state index contributed by atoms with van der Waals surface area (Å²) in [6, 6.07) is 5.94. The second-order valence-corrected chi connectivity index (χ2v) is 9.36. The summed E-state index contributed by atoms with van der Waals surface area (Å²) in [6.45, 7) is 5.16. The normalized spacial score (nSPS) is 19.4. The molecule has 1 N–H and O–H groups in total. The second-order valence-electron chi connectivity index (χ2n) is 6.55. The van der Waals surface area contributed by atoms with E-state index in [1.165, 1.54) is 4.31 Å². The van der Waals surface area contributed by atoms with Crippen molar-refractivity contribution in [3.8, 4) is 0 Å². The Morgan fingerprint density at radius 2 is 1.96 bits per heavy atom. The lowest BCUT2D eigenvalue weighted by atomic mass is 10.0. The highest BCUT2D eigenvalue weighted by atomic mass is 79.9. The Morgan fingerprint density at radius 3 is 2.58 bits per heavy atom. The van der Waals surface area contributed by atoms with Crippen LogP contribution in [0, 0.1) is 5.92 Å². The van der Waals surface area contributed by atoms with Gasteiger partial charge in [0.2, 0.25) is 15.9 Å². The van der Waals surface area contributed by atoms with E-state index in [2.05, 4.69) is 35.1 Å². The molecule has 0 saturated carbocycles. The number of halogens is 1. The first kappa shape index (κ1) is 19.4. The number of sulfonamides is 1. The first-order valence-electron chi connectivity index (χ1n) is 8.37. The van der Waals surface area contributed by atoms with Gasteiger partial charge in [0, 0.05) is 17.6 Å². The monoisotopic (exact) mass is 416 g/mol. The third-order valence-electron chi connectivity index (χ3n) is 4.20. The van der Waals surface area contributed by atoms with E-state index >= 15 is 0 Å². The summed E-state index contributed by atoms with van der Waals surface area (Å²) in [4.78, 5) is 12.7. The van der Waals surface area contributed by atoms with Gasteiger partial charge in [0.05, 0.1) is 4.90 Å². The molecule has 134 valence electrons. The van der Waals surface area contributed by atoms with Crippen molar-refractivity contribution in [2.75, 3.05) is 13.1 Å². The number of hydrogen-bond acceptors (Lipinski definition) is 3. The first-order valence-corrected chi connectivity index (χ1v) is 10.6. The standard InChI is InChI=1S/C17H25BrN2O3S/c1-13(2)10-11-19-17(21)16-5-3-4-12-20(16)24(22,23)15-8-6-14(18)7-9-15/h6-9,13,16H,3-5,10-12H2,1-2H3,(H,19,21). The quantitative estimate of drug-likeness (QED) is 0.774. The van der Waals surface area contributed by atoms with E-state index < -0.39 is 16.1 Å². The van der Waals surface area contributed by atoms with Gasteiger partial charge in [-0.05, 0) is 49.4 Å². The number of nitrogens with zero attached hydrogens (tertiary/aromatic N) is 1. The third-order valence-corrected chi connectivity index (χ3v) is 6.65. The minimum atomic E-state index is -3.66. The number of hydrogen-bond donors (Lipinski definition) is 1. The number of rotatable bonds is 6. The molecule has 0 radical (unpaired) electrons. The zero-order valence-corrected chi connectivity index (χ0v) is 16.6. The van der Waals surface area contributed by atoms with E-state index in [9.17, 15) is 13.2 Å². The van der Waals surface area contributed by atoms with Crippen LogP contribution in [0.1, 0.15) is 39.5 Å². The van der Waals surface area contributed by atoms with E-state index in [4.69, 9.17) is 0 Å². The second kappa shape index (κ2) is 8.45. The van der Waals surface area contributed by atoms with Crippen LogP contribution in [0.5, 0.6) is 0 Å². The molecule has 1 aliphatic rings. The molecule has 1 saturated heterocycles. The van der Waals surface area contributed by atoms with Crippen LogP contribution in [0.25, 0.3) is 0 Å². The van der Waals surface area contributed by atoms with Gasteiger partial charge in [0.1, 0.15) is 6.04 Å². The lowest BCUT2D eigenvalue weighted by Gasteiger charge is -2.33. The molecule has 0 aromatic heterocycles. The molecule has 0 aliphatic carbocycles. The Labute approximate surface area is 153 Å². The van der Waals surface area contributed by atoms with Crippen LogP contribution in [0.4, 0.5) is 0 Å². The van der Waals surface area contributed by atoms with Crippen molar-refractivity contribution >= 4 is 31.9 Å². The lowest BCUT2D eigenvalue weighted by molar-refractivity contribution is -0.125. The van der Waals surface area contributed by atoms with E-state index in [1.54, 1.807) is 24.3 Å². The van der Waals surface area contributed by atoms with Crippen LogP contribution in [-0.4, -0.2) is 37.8 Å². The Kier molecular flexibility index (Phi) is 6.83. The van der Waals surface area contributed by atoms with Gasteiger partial charge in [-0.15, -0.1) is 0 Å². The van der Waals surface area contributed by atoms with Crippen LogP contribution < -0.4 is 5.32 Å². The Balaban J connectivity index is 2.15. The molecule has 0 spiro atoms. The summed E-state index contributed by atoms with van der Waals surface area (Å²) in [5.41, 5.74) is 0. The van der Waals surface area contributed by atoms with E-state index in [0.717, 1.165) is 23.7 Å². The predicted molar refractivity (Wildman–Crippen MR) is 98.1 cm³/mol. The summed E-state index contributed by atoms with van der Waals surface area (Å²) in [5, 5.41) is 2.89. The van der Waals surface area contributed by atoms with Gasteiger partial charge in [0.15, 0.2) is 0 Å². The molecule has 5 nitrogen and oxygen atoms in total. The van der Waals surface area contributed by atoms with Gasteiger partial charge in [0.25, 0.3) is 0 Å². The Bertz CT molecular complexity index is 659. The van der Waals surface area contributed by atoms with E-state index in [0.29, 0.717) is 25.4 Å². The van der Waals surface area contributed by atoms with Gasteiger partial charge < -0.3 is 5.32 Å². The molecule has 1 atom stereocenters. The largest absolute Gasteiger partial charge is 0.355 e. The highest BCUT2D eigenvalue weighted by Crippen LogP contribution is 2.26. The number of carbonyl (C=O) groups is 1. The summed E-state index contributed by atoms with van der Waals surface area (Å²) < 4.78 is 28.0. The molecular weight excluding hydrogens is 392 g/mol. The van der Waals surface area contributed by atoms with Crippen molar-refractivity contribution in [3.05, 3.63) is 28.7 Å². The molecule has 1 fully saturated rings.